The minimum Gasteiger partial charge on any atom is -0.461 e. The molecule has 0 heterocycles. The Morgan fingerprint density at radius 1 is 0.952 bits per heavy atom. The molecule has 0 saturated heterocycles. The van der Waals surface area contributed by atoms with E-state index in [1.54, 1.807) is 0 Å². The fourth-order valence-corrected chi connectivity index (χ4v) is 10.6. The lowest BCUT2D eigenvalue weighted by Gasteiger charge is -2.67. The molecule has 0 radical (unpaired) electrons. The van der Waals surface area contributed by atoms with E-state index in [2.05, 4.69) is 67.5 Å². The second kappa shape index (κ2) is 12.1. The van der Waals surface area contributed by atoms with Crippen LogP contribution in [0.3, 0.4) is 0 Å². The first kappa shape index (κ1) is 33.3. The Morgan fingerprint density at radius 2 is 1.62 bits per heavy atom. The number of rotatable bonds is 9. The number of methoxy groups -OCH3 is 1. The molecule has 4 aliphatic rings. The highest BCUT2D eigenvalue weighted by molar-refractivity contribution is 5.69. The highest BCUT2D eigenvalue weighted by Gasteiger charge is 2.69. The predicted molar refractivity (Wildman–Crippen MR) is 169 cm³/mol. The van der Waals surface area contributed by atoms with E-state index in [0.717, 1.165) is 19.3 Å². The Bertz CT molecular complexity index is 1080. The summed E-state index contributed by atoms with van der Waals surface area (Å²) < 4.78 is 18.4. The fourth-order valence-electron chi connectivity index (χ4n) is 10.6. The Balaban J connectivity index is 1.66. The molecule has 0 bridgehead atoms. The van der Waals surface area contributed by atoms with Crippen LogP contribution in [0.5, 0.6) is 0 Å². The SMILES string of the molecule is CCC(=O)O[C@H]1CC[C@@H]2C(=C[C@H](OC)[C@@H]3[C@@]2(C)CC[C@]2(C)[C@@H]([C@H](C)C[C@H](C=C(C)C)OC(=O)CC)CC[C@@]32C)C1(C)C. The van der Waals surface area contributed by atoms with Crippen LogP contribution in [0.4, 0.5) is 0 Å². The first-order valence-corrected chi connectivity index (χ1v) is 16.9. The zero-order chi connectivity index (χ0) is 31.3. The molecule has 42 heavy (non-hydrogen) atoms. The maximum atomic E-state index is 12.3. The van der Waals surface area contributed by atoms with Crippen LogP contribution < -0.4 is 0 Å². The minimum absolute atomic E-state index is 0.0452. The van der Waals surface area contributed by atoms with Gasteiger partial charge in [-0.05, 0) is 98.9 Å². The van der Waals surface area contributed by atoms with E-state index in [1.807, 2.05) is 21.0 Å². The van der Waals surface area contributed by atoms with E-state index in [9.17, 15) is 9.59 Å². The van der Waals surface area contributed by atoms with Crippen LogP contribution in [0.25, 0.3) is 0 Å². The lowest BCUT2D eigenvalue weighted by Crippen LogP contribution is -2.63. The second-order valence-corrected chi connectivity index (χ2v) is 15.8. The Labute approximate surface area is 256 Å². The standard InChI is InChI=1S/C37H60O5/c1-12-31(38)41-25(20-23(3)4)21-24(5)26-16-17-37(10)33-29(40-11)22-28-27(35(33,8)18-19-36(26,37)9)14-15-30(34(28,6)7)42-32(39)13-2/h20,22,24-27,29-30,33H,12-19,21H2,1-11H3/t24-,25+,26-,27-,29+,30+,33-,35+,36-,37+/m1/s1. The van der Waals surface area contributed by atoms with Crippen molar-refractivity contribution in [3.63, 3.8) is 0 Å². The van der Waals surface area contributed by atoms with Gasteiger partial charge in [0.1, 0.15) is 12.2 Å². The van der Waals surface area contributed by atoms with E-state index in [-0.39, 0.29) is 51.9 Å². The molecule has 0 unspecified atom stereocenters. The van der Waals surface area contributed by atoms with Crippen LogP contribution in [0.2, 0.25) is 0 Å². The molecule has 5 nitrogen and oxygen atoms in total. The van der Waals surface area contributed by atoms with Gasteiger partial charge in [0.05, 0.1) is 6.10 Å². The van der Waals surface area contributed by atoms with Crippen molar-refractivity contribution in [2.75, 3.05) is 7.11 Å². The highest BCUT2D eigenvalue weighted by Crippen LogP contribution is 2.75. The largest absolute Gasteiger partial charge is 0.461 e. The molecule has 3 saturated carbocycles. The third-order valence-electron chi connectivity index (χ3n) is 13.0. The highest BCUT2D eigenvalue weighted by atomic mass is 16.5. The van der Waals surface area contributed by atoms with Gasteiger partial charge in [-0.15, -0.1) is 0 Å². The molecule has 0 aromatic carbocycles. The van der Waals surface area contributed by atoms with Crippen molar-refractivity contribution in [1.82, 2.24) is 0 Å². The average molecular weight is 585 g/mol. The number of esters is 2. The molecule has 0 amide bonds. The van der Waals surface area contributed by atoms with E-state index >= 15 is 0 Å². The van der Waals surface area contributed by atoms with Crippen molar-refractivity contribution in [1.29, 1.82) is 0 Å². The second-order valence-electron chi connectivity index (χ2n) is 15.8. The van der Waals surface area contributed by atoms with Gasteiger partial charge in [-0.2, -0.15) is 0 Å². The lowest BCUT2D eigenvalue weighted by atomic mass is 9.38. The summed E-state index contributed by atoms with van der Waals surface area (Å²) in [6, 6.07) is 0. The van der Waals surface area contributed by atoms with Crippen molar-refractivity contribution >= 4 is 11.9 Å². The van der Waals surface area contributed by atoms with Gasteiger partial charge in [-0.1, -0.05) is 72.6 Å². The summed E-state index contributed by atoms with van der Waals surface area (Å²) >= 11 is 0. The molecular weight excluding hydrogens is 524 g/mol. The topological polar surface area (TPSA) is 61.8 Å². The van der Waals surface area contributed by atoms with Crippen LogP contribution >= 0.6 is 0 Å². The zero-order valence-electron chi connectivity index (χ0n) is 28.6. The van der Waals surface area contributed by atoms with Gasteiger partial charge in [-0.3, -0.25) is 9.59 Å². The van der Waals surface area contributed by atoms with Crippen LogP contribution in [0.1, 0.15) is 127 Å². The van der Waals surface area contributed by atoms with Gasteiger partial charge in [0.25, 0.3) is 0 Å². The van der Waals surface area contributed by atoms with Gasteiger partial charge in [0.15, 0.2) is 0 Å². The smallest absolute Gasteiger partial charge is 0.306 e. The third kappa shape index (κ3) is 5.43. The number of carbonyl (C=O) groups is 2. The molecule has 5 heteroatoms. The number of allylic oxidation sites excluding steroid dienone is 1. The van der Waals surface area contributed by atoms with Crippen molar-refractivity contribution < 1.29 is 23.8 Å². The van der Waals surface area contributed by atoms with Gasteiger partial charge in [-0.25, -0.2) is 0 Å². The van der Waals surface area contributed by atoms with Gasteiger partial charge in [0, 0.05) is 31.3 Å². The minimum atomic E-state index is -0.206. The van der Waals surface area contributed by atoms with Crippen LogP contribution in [-0.2, 0) is 23.8 Å². The maximum Gasteiger partial charge on any atom is 0.306 e. The summed E-state index contributed by atoms with van der Waals surface area (Å²) in [6.45, 7) is 22.6. The van der Waals surface area contributed by atoms with Crippen molar-refractivity contribution in [2.45, 2.75) is 145 Å². The van der Waals surface area contributed by atoms with Crippen molar-refractivity contribution in [3.05, 3.63) is 23.3 Å². The Hall–Kier alpha value is -1.62. The molecule has 3 fully saturated rings. The summed E-state index contributed by atoms with van der Waals surface area (Å²) in [4.78, 5) is 24.6. The van der Waals surface area contributed by atoms with E-state index in [1.165, 1.54) is 36.8 Å². The van der Waals surface area contributed by atoms with Crippen LogP contribution in [0.15, 0.2) is 23.3 Å². The molecule has 0 aromatic heterocycles. The van der Waals surface area contributed by atoms with E-state index in [0.29, 0.717) is 36.5 Å². The number of ether oxygens (including phenoxy) is 3. The quantitative estimate of drug-likeness (QED) is 0.200. The summed E-state index contributed by atoms with van der Waals surface area (Å²) in [7, 11) is 1.89. The van der Waals surface area contributed by atoms with Crippen LogP contribution in [-0.4, -0.2) is 37.4 Å². The molecule has 4 rings (SSSR count). The van der Waals surface area contributed by atoms with Gasteiger partial charge >= 0.3 is 11.9 Å². The molecule has 0 spiro atoms. The lowest BCUT2D eigenvalue weighted by molar-refractivity contribution is -0.187. The number of hydrogen-bond acceptors (Lipinski definition) is 5. The molecular formula is C37H60O5. The molecule has 4 aliphatic carbocycles. The van der Waals surface area contributed by atoms with E-state index in [4.69, 9.17) is 14.2 Å². The monoisotopic (exact) mass is 584 g/mol. The van der Waals surface area contributed by atoms with Crippen LogP contribution in [0, 0.1) is 45.3 Å². The van der Waals surface area contributed by atoms with Gasteiger partial charge in [0.2, 0.25) is 0 Å². The van der Waals surface area contributed by atoms with E-state index < -0.39 is 0 Å². The first-order chi connectivity index (χ1) is 19.6. The average Bonchev–Trinajstić information content (AvgIpc) is 3.20. The number of hydrogen-bond donors (Lipinski definition) is 0. The van der Waals surface area contributed by atoms with Gasteiger partial charge < -0.3 is 14.2 Å². The first-order valence-electron chi connectivity index (χ1n) is 16.9. The molecule has 0 aromatic rings. The Morgan fingerprint density at radius 3 is 2.21 bits per heavy atom. The fraction of sp³-hybridized carbons (Fsp3) is 0.838. The third-order valence-corrected chi connectivity index (χ3v) is 13.0. The zero-order valence-corrected chi connectivity index (χ0v) is 28.6. The maximum absolute atomic E-state index is 12.3. The predicted octanol–water partition coefficient (Wildman–Crippen LogP) is 8.85. The molecule has 238 valence electrons. The number of carbonyl (C=O) groups excluding carboxylic acids is 2. The van der Waals surface area contributed by atoms with Crippen molar-refractivity contribution in [3.8, 4) is 0 Å². The molecule has 0 N–H and O–H groups in total. The summed E-state index contributed by atoms with van der Waals surface area (Å²) in [5.74, 6) is 1.72. The summed E-state index contributed by atoms with van der Waals surface area (Å²) in [5, 5.41) is 0. The number of fused-ring (bicyclic) bond motifs is 5. The molecule has 10 atom stereocenters. The Kier molecular flexibility index (Phi) is 9.55. The summed E-state index contributed by atoms with van der Waals surface area (Å²) in [5.41, 5.74) is 2.90. The summed E-state index contributed by atoms with van der Waals surface area (Å²) in [6.07, 6.45) is 12.9. The van der Waals surface area contributed by atoms with Crippen molar-refractivity contribution in [2.24, 2.45) is 45.3 Å². The normalized spacial score (nSPS) is 40.0. The molecule has 0 aliphatic heterocycles.